The monoisotopic (exact) mass is 426 g/mol. The van der Waals surface area contributed by atoms with E-state index in [0.717, 1.165) is 5.39 Å². The van der Waals surface area contributed by atoms with E-state index in [1.807, 2.05) is 45.9 Å². The SMILES string of the molecule is CCOc1ccc2cccc(S(=O)(=O)Nc3ccc(NC(=O)C(C)(C)C)cc3)c2c1. The van der Waals surface area contributed by atoms with Crippen LogP contribution in [0, 0.1) is 5.41 Å². The summed E-state index contributed by atoms with van der Waals surface area (Å²) in [5.41, 5.74) is 0.487. The van der Waals surface area contributed by atoms with Gasteiger partial charge in [-0.25, -0.2) is 8.42 Å². The average molecular weight is 427 g/mol. The summed E-state index contributed by atoms with van der Waals surface area (Å²) in [6.45, 7) is 7.85. The van der Waals surface area contributed by atoms with Crippen LogP contribution in [0.2, 0.25) is 0 Å². The second-order valence-electron chi connectivity index (χ2n) is 7.96. The Morgan fingerprint density at radius 3 is 2.27 bits per heavy atom. The summed E-state index contributed by atoms with van der Waals surface area (Å²) in [4.78, 5) is 12.3. The highest BCUT2D eigenvalue weighted by Gasteiger charge is 2.21. The summed E-state index contributed by atoms with van der Waals surface area (Å²) in [7, 11) is -3.82. The number of rotatable bonds is 6. The van der Waals surface area contributed by atoms with Crippen molar-refractivity contribution in [2.24, 2.45) is 5.41 Å². The van der Waals surface area contributed by atoms with Crippen LogP contribution in [-0.2, 0) is 14.8 Å². The highest BCUT2D eigenvalue weighted by molar-refractivity contribution is 7.93. The number of fused-ring (bicyclic) bond motifs is 1. The van der Waals surface area contributed by atoms with Crippen LogP contribution in [0.1, 0.15) is 27.7 Å². The van der Waals surface area contributed by atoms with E-state index in [2.05, 4.69) is 10.0 Å². The van der Waals surface area contributed by atoms with Crippen LogP contribution in [0.3, 0.4) is 0 Å². The summed E-state index contributed by atoms with van der Waals surface area (Å²) >= 11 is 0. The van der Waals surface area contributed by atoms with Crippen molar-refractivity contribution >= 4 is 38.1 Å². The molecule has 0 spiro atoms. The number of nitrogens with one attached hydrogen (secondary N) is 2. The van der Waals surface area contributed by atoms with Gasteiger partial charge in [0.2, 0.25) is 5.91 Å². The maximum Gasteiger partial charge on any atom is 0.262 e. The fraction of sp³-hybridized carbons (Fsp3) is 0.261. The molecule has 1 amide bonds. The topological polar surface area (TPSA) is 84.5 Å². The van der Waals surface area contributed by atoms with Crippen molar-refractivity contribution in [1.82, 2.24) is 0 Å². The van der Waals surface area contributed by atoms with Crippen molar-refractivity contribution in [2.75, 3.05) is 16.6 Å². The van der Waals surface area contributed by atoms with Gasteiger partial charge in [-0.2, -0.15) is 0 Å². The lowest BCUT2D eigenvalue weighted by Gasteiger charge is -2.18. The number of sulfonamides is 1. The van der Waals surface area contributed by atoms with Crippen LogP contribution < -0.4 is 14.8 Å². The van der Waals surface area contributed by atoms with Gasteiger partial charge in [0.1, 0.15) is 5.75 Å². The smallest absolute Gasteiger partial charge is 0.262 e. The molecule has 0 aromatic heterocycles. The van der Waals surface area contributed by atoms with Crippen molar-refractivity contribution in [3.05, 3.63) is 60.7 Å². The average Bonchev–Trinajstić information content (AvgIpc) is 2.68. The zero-order valence-corrected chi connectivity index (χ0v) is 18.3. The minimum atomic E-state index is -3.82. The molecule has 7 heteroatoms. The van der Waals surface area contributed by atoms with Gasteiger partial charge in [0.15, 0.2) is 0 Å². The van der Waals surface area contributed by atoms with Crippen molar-refractivity contribution in [3.8, 4) is 5.75 Å². The maximum absolute atomic E-state index is 13.1. The molecule has 0 fully saturated rings. The third-order valence-corrected chi connectivity index (χ3v) is 5.93. The molecule has 3 aromatic carbocycles. The van der Waals surface area contributed by atoms with Crippen molar-refractivity contribution in [3.63, 3.8) is 0 Å². The van der Waals surface area contributed by atoms with Crippen molar-refractivity contribution < 1.29 is 17.9 Å². The Kier molecular flexibility index (Phi) is 6.03. The molecule has 0 atom stereocenters. The van der Waals surface area contributed by atoms with Crippen LogP contribution in [0.4, 0.5) is 11.4 Å². The van der Waals surface area contributed by atoms with Gasteiger partial charge in [0.05, 0.1) is 11.5 Å². The first-order chi connectivity index (χ1) is 14.1. The normalized spacial score (nSPS) is 11.9. The number of carbonyl (C=O) groups is 1. The molecular formula is C23H26N2O4S. The number of hydrogen-bond acceptors (Lipinski definition) is 4. The molecule has 0 bridgehead atoms. The number of amides is 1. The predicted molar refractivity (Wildman–Crippen MR) is 120 cm³/mol. The Morgan fingerprint density at radius 1 is 0.967 bits per heavy atom. The van der Waals surface area contributed by atoms with Crippen LogP contribution >= 0.6 is 0 Å². The van der Waals surface area contributed by atoms with Crippen molar-refractivity contribution in [1.29, 1.82) is 0 Å². The van der Waals surface area contributed by atoms with Gasteiger partial charge in [0, 0.05) is 22.2 Å². The molecule has 3 rings (SSSR count). The van der Waals surface area contributed by atoms with Crippen LogP contribution in [0.25, 0.3) is 10.8 Å². The first-order valence-corrected chi connectivity index (χ1v) is 11.2. The Hall–Kier alpha value is -3.06. The second-order valence-corrected chi connectivity index (χ2v) is 9.61. The Labute approximate surface area is 177 Å². The van der Waals surface area contributed by atoms with Gasteiger partial charge in [-0.3, -0.25) is 9.52 Å². The molecule has 30 heavy (non-hydrogen) atoms. The molecule has 0 radical (unpaired) electrons. The van der Waals surface area contributed by atoms with Gasteiger partial charge in [0.25, 0.3) is 10.0 Å². The first kappa shape index (κ1) is 21.6. The lowest BCUT2D eigenvalue weighted by Crippen LogP contribution is -2.27. The molecule has 0 aliphatic heterocycles. The number of ether oxygens (including phenoxy) is 1. The molecular weight excluding hydrogens is 400 g/mol. The quantitative estimate of drug-likeness (QED) is 0.579. The zero-order valence-electron chi connectivity index (χ0n) is 17.5. The summed E-state index contributed by atoms with van der Waals surface area (Å²) in [6.07, 6.45) is 0. The number of anilines is 2. The Balaban J connectivity index is 1.86. The molecule has 0 saturated carbocycles. The standard InChI is InChI=1S/C23H26N2O4S/c1-5-29-19-14-9-16-7-6-8-21(20(16)15-19)30(27,28)25-18-12-10-17(11-13-18)24-22(26)23(2,3)4/h6-15,25H,5H2,1-4H3,(H,24,26). The summed E-state index contributed by atoms with van der Waals surface area (Å²) in [6, 6.07) is 17.1. The number of hydrogen-bond donors (Lipinski definition) is 2. The molecule has 0 heterocycles. The summed E-state index contributed by atoms with van der Waals surface area (Å²) < 4.78 is 34.2. The number of carbonyl (C=O) groups excluding carboxylic acids is 1. The van der Waals surface area contributed by atoms with Gasteiger partial charge in [-0.05, 0) is 54.8 Å². The minimum Gasteiger partial charge on any atom is -0.494 e. The molecule has 0 aliphatic rings. The third-order valence-electron chi connectivity index (χ3n) is 4.49. The van der Waals surface area contributed by atoms with Gasteiger partial charge in [-0.1, -0.05) is 39.0 Å². The second kappa shape index (κ2) is 8.36. The summed E-state index contributed by atoms with van der Waals surface area (Å²) in [5.74, 6) is 0.503. The Morgan fingerprint density at radius 2 is 1.63 bits per heavy atom. The molecule has 2 N–H and O–H groups in total. The predicted octanol–water partition coefficient (Wildman–Crippen LogP) is 5.02. The van der Waals surface area contributed by atoms with Crippen LogP contribution in [0.15, 0.2) is 65.6 Å². The van der Waals surface area contributed by atoms with E-state index >= 15 is 0 Å². The first-order valence-electron chi connectivity index (χ1n) is 9.70. The van der Waals surface area contributed by atoms with E-state index in [-0.39, 0.29) is 10.8 Å². The van der Waals surface area contributed by atoms with Gasteiger partial charge < -0.3 is 10.1 Å². The lowest BCUT2D eigenvalue weighted by atomic mass is 9.95. The molecule has 3 aromatic rings. The molecule has 158 valence electrons. The van der Waals surface area contributed by atoms with Gasteiger partial charge in [-0.15, -0.1) is 0 Å². The highest BCUT2D eigenvalue weighted by Crippen LogP contribution is 2.29. The molecule has 0 aliphatic carbocycles. The molecule has 6 nitrogen and oxygen atoms in total. The Bertz CT molecular complexity index is 1160. The van der Waals surface area contributed by atoms with Crippen molar-refractivity contribution in [2.45, 2.75) is 32.6 Å². The van der Waals surface area contributed by atoms with Crippen LogP contribution in [0.5, 0.6) is 5.75 Å². The summed E-state index contributed by atoms with van der Waals surface area (Å²) in [5, 5.41) is 4.21. The van der Waals surface area contributed by atoms with E-state index in [0.29, 0.717) is 29.1 Å². The minimum absolute atomic E-state index is 0.114. The fourth-order valence-electron chi connectivity index (χ4n) is 2.86. The largest absolute Gasteiger partial charge is 0.494 e. The molecule has 0 unspecified atom stereocenters. The van der Waals surface area contributed by atoms with E-state index < -0.39 is 15.4 Å². The van der Waals surface area contributed by atoms with E-state index in [9.17, 15) is 13.2 Å². The van der Waals surface area contributed by atoms with E-state index in [1.54, 1.807) is 42.5 Å². The van der Waals surface area contributed by atoms with E-state index in [1.165, 1.54) is 0 Å². The zero-order chi connectivity index (χ0) is 21.9. The highest BCUT2D eigenvalue weighted by atomic mass is 32.2. The third kappa shape index (κ3) is 4.91. The van der Waals surface area contributed by atoms with Crippen LogP contribution in [-0.4, -0.2) is 20.9 Å². The maximum atomic E-state index is 13.1. The van der Waals surface area contributed by atoms with Gasteiger partial charge >= 0.3 is 0 Å². The van der Waals surface area contributed by atoms with E-state index in [4.69, 9.17) is 4.74 Å². The number of benzene rings is 3. The fourth-order valence-corrected chi connectivity index (χ4v) is 4.14. The lowest BCUT2D eigenvalue weighted by molar-refractivity contribution is -0.123. The molecule has 0 saturated heterocycles.